The average Bonchev–Trinajstić information content (AvgIpc) is 3.11. The molecule has 1 saturated heterocycles. The number of rotatable bonds is 5. The number of hydrogen-bond acceptors (Lipinski definition) is 3. The minimum absolute atomic E-state index is 0. The summed E-state index contributed by atoms with van der Waals surface area (Å²) in [6.45, 7) is 2.70. The van der Waals surface area contributed by atoms with Crippen molar-refractivity contribution in [3.8, 4) is 0 Å². The topological polar surface area (TPSA) is 55.6 Å². The van der Waals surface area contributed by atoms with Crippen molar-refractivity contribution in [2.24, 2.45) is 17.6 Å². The molecule has 2 N–H and O–H groups in total. The molecular formula is C19H27Cl3N2O2. The number of ether oxygens (including phenoxy) is 1. The molecule has 0 radical (unpaired) electrons. The van der Waals surface area contributed by atoms with Crippen molar-refractivity contribution < 1.29 is 9.53 Å². The van der Waals surface area contributed by atoms with Crippen LogP contribution in [-0.4, -0.2) is 36.5 Å². The maximum atomic E-state index is 12.7. The molecule has 0 unspecified atom stereocenters. The van der Waals surface area contributed by atoms with Gasteiger partial charge in [-0.05, 0) is 55.8 Å². The van der Waals surface area contributed by atoms with Crippen LogP contribution in [-0.2, 0) is 16.1 Å². The van der Waals surface area contributed by atoms with Gasteiger partial charge in [-0.25, -0.2) is 0 Å². The van der Waals surface area contributed by atoms with Crippen LogP contribution in [0.25, 0.3) is 0 Å². The first kappa shape index (κ1) is 21.8. The lowest BCUT2D eigenvalue weighted by Crippen LogP contribution is -2.45. The van der Waals surface area contributed by atoms with Crippen LogP contribution in [0.3, 0.4) is 0 Å². The van der Waals surface area contributed by atoms with Crippen molar-refractivity contribution in [1.29, 1.82) is 0 Å². The molecule has 0 bridgehead atoms. The van der Waals surface area contributed by atoms with E-state index in [0.717, 1.165) is 50.8 Å². The number of likely N-dealkylation sites (tertiary alicyclic amines) is 1. The fraction of sp³-hybridized carbons (Fsp3) is 0.632. The van der Waals surface area contributed by atoms with Crippen LogP contribution >= 0.6 is 35.6 Å². The minimum atomic E-state index is 0. The van der Waals surface area contributed by atoms with E-state index in [4.69, 9.17) is 33.7 Å². The van der Waals surface area contributed by atoms with Gasteiger partial charge >= 0.3 is 0 Å². The van der Waals surface area contributed by atoms with Gasteiger partial charge in [-0.3, -0.25) is 4.79 Å². The van der Waals surface area contributed by atoms with Gasteiger partial charge in [0.15, 0.2) is 0 Å². The van der Waals surface area contributed by atoms with E-state index in [1.807, 2.05) is 17.0 Å². The lowest BCUT2D eigenvalue weighted by molar-refractivity contribution is -0.139. The molecule has 1 aromatic carbocycles. The Morgan fingerprint density at radius 1 is 1.15 bits per heavy atom. The fourth-order valence-corrected chi connectivity index (χ4v) is 4.29. The predicted molar refractivity (Wildman–Crippen MR) is 108 cm³/mol. The summed E-state index contributed by atoms with van der Waals surface area (Å²) in [5.41, 5.74) is 6.84. The van der Waals surface area contributed by atoms with Crippen LogP contribution < -0.4 is 5.73 Å². The van der Waals surface area contributed by atoms with Gasteiger partial charge in [0.25, 0.3) is 0 Å². The Kier molecular flexibility index (Phi) is 8.49. The molecule has 1 heterocycles. The van der Waals surface area contributed by atoms with E-state index in [1.165, 1.54) is 0 Å². The summed E-state index contributed by atoms with van der Waals surface area (Å²) in [6.07, 6.45) is 5.17. The van der Waals surface area contributed by atoms with E-state index >= 15 is 0 Å². The molecule has 26 heavy (non-hydrogen) atoms. The highest BCUT2D eigenvalue weighted by Crippen LogP contribution is 2.33. The van der Waals surface area contributed by atoms with Gasteiger partial charge < -0.3 is 15.4 Å². The zero-order valence-electron chi connectivity index (χ0n) is 14.8. The first-order valence-electron chi connectivity index (χ1n) is 9.13. The van der Waals surface area contributed by atoms with Gasteiger partial charge in [-0.15, -0.1) is 12.4 Å². The van der Waals surface area contributed by atoms with E-state index in [9.17, 15) is 4.79 Å². The third-order valence-corrected chi connectivity index (χ3v) is 6.24. The van der Waals surface area contributed by atoms with Crippen LogP contribution in [0.1, 0.15) is 37.7 Å². The molecule has 0 aromatic heterocycles. The number of amides is 1. The Bertz CT molecular complexity index is 606. The predicted octanol–water partition coefficient (Wildman–Crippen LogP) is 4.30. The van der Waals surface area contributed by atoms with E-state index in [0.29, 0.717) is 35.0 Å². The highest BCUT2D eigenvalue weighted by molar-refractivity contribution is 6.42. The molecule has 1 aromatic rings. The van der Waals surface area contributed by atoms with Crippen LogP contribution in [0.15, 0.2) is 18.2 Å². The van der Waals surface area contributed by atoms with Crippen molar-refractivity contribution in [3.63, 3.8) is 0 Å². The fourth-order valence-electron chi connectivity index (χ4n) is 3.96. The molecule has 2 aliphatic rings. The molecular weight excluding hydrogens is 395 g/mol. The minimum Gasteiger partial charge on any atom is -0.373 e. The summed E-state index contributed by atoms with van der Waals surface area (Å²) in [6, 6.07) is 5.56. The summed E-state index contributed by atoms with van der Waals surface area (Å²) in [5, 5.41) is 1.11. The lowest BCUT2D eigenvalue weighted by Gasteiger charge is -2.34. The van der Waals surface area contributed by atoms with Gasteiger partial charge in [-0.2, -0.15) is 0 Å². The molecule has 1 amide bonds. The second kappa shape index (κ2) is 10.1. The summed E-state index contributed by atoms with van der Waals surface area (Å²) in [5.74, 6) is 0.811. The van der Waals surface area contributed by atoms with E-state index in [2.05, 4.69) is 0 Å². The van der Waals surface area contributed by atoms with Crippen LogP contribution in [0.2, 0.25) is 10.0 Å². The van der Waals surface area contributed by atoms with Crippen molar-refractivity contribution >= 4 is 41.5 Å². The highest BCUT2D eigenvalue weighted by atomic mass is 35.5. The summed E-state index contributed by atoms with van der Waals surface area (Å²) < 4.78 is 6.00. The maximum absolute atomic E-state index is 12.7. The molecule has 3 rings (SSSR count). The number of hydrogen-bond donors (Lipinski definition) is 1. The van der Waals surface area contributed by atoms with Gasteiger partial charge in [0.2, 0.25) is 5.91 Å². The van der Waals surface area contributed by atoms with Crippen molar-refractivity contribution in [2.45, 2.75) is 44.8 Å². The molecule has 1 aliphatic heterocycles. The average molecular weight is 422 g/mol. The number of carbonyl (C=O) groups excluding carboxylic acids is 1. The summed E-state index contributed by atoms with van der Waals surface area (Å²) in [7, 11) is 0. The second-order valence-corrected chi connectivity index (χ2v) is 7.93. The van der Waals surface area contributed by atoms with Crippen molar-refractivity contribution in [1.82, 2.24) is 4.90 Å². The number of benzene rings is 1. The molecule has 2 fully saturated rings. The Morgan fingerprint density at radius 2 is 1.88 bits per heavy atom. The Labute approximate surface area is 171 Å². The van der Waals surface area contributed by atoms with Gasteiger partial charge in [0, 0.05) is 19.0 Å². The van der Waals surface area contributed by atoms with Crippen LogP contribution in [0.5, 0.6) is 0 Å². The third-order valence-electron chi connectivity index (χ3n) is 5.50. The molecule has 146 valence electrons. The Hall–Kier alpha value is -0.520. The van der Waals surface area contributed by atoms with Gasteiger partial charge in [-0.1, -0.05) is 35.7 Å². The molecule has 2 atom stereocenters. The highest BCUT2D eigenvalue weighted by Gasteiger charge is 2.35. The zero-order valence-corrected chi connectivity index (χ0v) is 17.2. The normalized spacial score (nSPS) is 23.7. The number of nitrogens with two attached hydrogens (primary N) is 1. The molecule has 4 nitrogen and oxygen atoms in total. The quantitative estimate of drug-likeness (QED) is 0.771. The zero-order chi connectivity index (χ0) is 17.8. The first-order valence-corrected chi connectivity index (χ1v) is 9.88. The van der Waals surface area contributed by atoms with Crippen molar-refractivity contribution in [3.05, 3.63) is 33.8 Å². The largest absolute Gasteiger partial charge is 0.373 e. The number of halogens is 3. The van der Waals surface area contributed by atoms with Crippen LogP contribution in [0, 0.1) is 11.8 Å². The summed E-state index contributed by atoms with van der Waals surface area (Å²) >= 11 is 12.0. The van der Waals surface area contributed by atoms with Crippen molar-refractivity contribution in [2.75, 3.05) is 19.6 Å². The number of piperidine rings is 1. The van der Waals surface area contributed by atoms with E-state index in [-0.39, 0.29) is 24.4 Å². The lowest BCUT2D eigenvalue weighted by atomic mass is 9.93. The third kappa shape index (κ3) is 5.26. The number of carbonyl (C=O) groups is 1. The molecule has 0 spiro atoms. The van der Waals surface area contributed by atoms with E-state index in [1.54, 1.807) is 6.07 Å². The Balaban J connectivity index is 0.00000243. The second-order valence-electron chi connectivity index (χ2n) is 7.12. The monoisotopic (exact) mass is 420 g/mol. The summed E-state index contributed by atoms with van der Waals surface area (Å²) in [4.78, 5) is 14.7. The number of nitrogens with zero attached hydrogens (tertiary/aromatic N) is 1. The molecule has 1 saturated carbocycles. The molecule has 7 heteroatoms. The van der Waals surface area contributed by atoms with E-state index < -0.39 is 0 Å². The smallest absolute Gasteiger partial charge is 0.226 e. The standard InChI is InChI=1S/C19H26Cl2N2O2.ClH/c20-17-5-4-13(10-18(17)21)12-25-15-6-8-23(9-7-15)19(24)16-3-1-2-14(16)11-22;/h4-5,10,14-16H,1-3,6-9,11-12,22H2;1H/t14-,16-;/m1./s1. The van der Waals surface area contributed by atoms with Crippen LogP contribution in [0.4, 0.5) is 0 Å². The first-order chi connectivity index (χ1) is 12.1. The maximum Gasteiger partial charge on any atom is 0.226 e. The Morgan fingerprint density at radius 3 is 2.54 bits per heavy atom. The van der Waals surface area contributed by atoms with Gasteiger partial charge in [0.05, 0.1) is 22.8 Å². The SMILES string of the molecule is Cl.NC[C@H]1CCC[C@H]1C(=O)N1CCC(OCc2ccc(Cl)c(Cl)c2)CC1. The van der Waals surface area contributed by atoms with Gasteiger partial charge in [0.1, 0.15) is 0 Å². The molecule has 1 aliphatic carbocycles.